The molecule has 5 heteroatoms. The summed E-state index contributed by atoms with van der Waals surface area (Å²) in [6.45, 7) is 2.94. The molecule has 1 atom stereocenters. The van der Waals surface area contributed by atoms with Crippen molar-refractivity contribution < 1.29 is 18.8 Å². The highest BCUT2D eigenvalue weighted by atomic mass is 16.5. The molecule has 0 bridgehead atoms. The molecule has 2 N–H and O–H groups in total. The molecule has 5 nitrogen and oxygen atoms in total. The van der Waals surface area contributed by atoms with Gasteiger partial charge < -0.3 is 19.4 Å². The first-order valence-corrected chi connectivity index (χ1v) is 6.88. The Morgan fingerprint density at radius 3 is 2.71 bits per heavy atom. The number of para-hydroxylation sites is 2. The third kappa shape index (κ3) is 4.36. The predicted molar refractivity (Wildman–Crippen MR) is 80.5 cm³/mol. The molecular formula is C16H21N2O3+. The fourth-order valence-electron chi connectivity index (χ4n) is 2.16. The Bertz CT molecular complexity index is 607. The molecule has 1 aromatic heterocycles. The molecule has 0 saturated carbocycles. The van der Waals surface area contributed by atoms with E-state index >= 15 is 0 Å². The van der Waals surface area contributed by atoms with E-state index in [-0.39, 0.29) is 5.91 Å². The van der Waals surface area contributed by atoms with Crippen LogP contribution in [-0.2, 0) is 11.3 Å². The summed E-state index contributed by atoms with van der Waals surface area (Å²) in [6, 6.07) is 11.2. The number of carbonyl (C=O) groups is 1. The highest BCUT2D eigenvalue weighted by Crippen LogP contribution is 2.22. The Hall–Kier alpha value is -2.27. The van der Waals surface area contributed by atoms with Crippen LogP contribution < -0.4 is 15.0 Å². The van der Waals surface area contributed by atoms with Crippen molar-refractivity contribution in [3.8, 4) is 5.75 Å². The molecule has 2 aromatic rings. The van der Waals surface area contributed by atoms with Crippen LogP contribution in [0.1, 0.15) is 11.5 Å². The first kappa shape index (κ1) is 15.1. The van der Waals surface area contributed by atoms with Gasteiger partial charge >= 0.3 is 0 Å². The number of amides is 1. The largest absolute Gasteiger partial charge is 0.495 e. The van der Waals surface area contributed by atoms with Gasteiger partial charge in [0.1, 0.15) is 18.1 Å². The summed E-state index contributed by atoms with van der Waals surface area (Å²) in [6.07, 6.45) is 0. The monoisotopic (exact) mass is 289 g/mol. The molecule has 0 aliphatic carbocycles. The van der Waals surface area contributed by atoms with Crippen LogP contribution in [0.15, 0.2) is 40.8 Å². The first-order valence-electron chi connectivity index (χ1n) is 6.88. The van der Waals surface area contributed by atoms with E-state index in [1.165, 1.54) is 0 Å². The molecule has 112 valence electrons. The zero-order chi connectivity index (χ0) is 15.2. The van der Waals surface area contributed by atoms with E-state index in [9.17, 15) is 4.79 Å². The van der Waals surface area contributed by atoms with E-state index in [0.717, 1.165) is 16.4 Å². The Morgan fingerprint density at radius 2 is 2.05 bits per heavy atom. The number of methoxy groups -OCH3 is 1. The van der Waals surface area contributed by atoms with Crippen LogP contribution in [0, 0.1) is 6.92 Å². The smallest absolute Gasteiger partial charge is 0.279 e. The second-order valence-electron chi connectivity index (χ2n) is 5.07. The summed E-state index contributed by atoms with van der Waals surface area (Å²) in [7, 11) is 3.54. The summed E-state index contributed by atoms with van der Waals surface area (Å²) in [5, 5.41) is 2.87. The molecule has 1 aromatic carbocycles. The van der Waals surface area contributed by atoms with E-state index in [4.69, 9.17) is 9.15 Å². The highest BCUT2D eigenvalue weighted by Gasteiger charge is 2.14. The minimum Gasteiger partial charge on any atom is -0.495 e. The normalized spacial score (nSPS) is 12.0. The zero-order valence-corrected chi connectivity index (χ0v) is 12.6. The van der Waals surface area contributed by atoms with E-state index < -0.39 is 0 Å². The van der Waals surface area contributed by atoms with Gasteiger partial charge in [-0.15, -0.1) is 0 Å². The molecule has 2 rings (SSSR count). The molecule has 1 unspecified atom stereocenters. The quantitative estimate of drug-likeness (QED) is 0.841. The lowest BCUT2D eigenvalue weighted by atomic mass is 10.3. The van der Waals surface area contributed by atoms with E-state index in [1.54, 1.807) is 7.11 Å². The number of nitrogens with one attached hydrogen (secondary N) is 2. The second kappa shape index (κ2) is 6.95. The number of hydrogen-bond donors (Lipinski definition) is 2. The average molecular weight is 289 g/mol. The molecular weight excluding hydrogens is 268 g/mol. The third-order valence-electron chi connectivity index (χ3n) is 3.12. The van der Waals surface area contributed by atoms with Gasteiger partial charge in [-0.1, -0.05) is 12.1 Å². The Labute approximate surface area is 124 Å². The van der Waals surface area contributed by atoms with Crippen molar-refractivity contribution in [1.82, 2.24) is 0 Å². The number of quaternary nitrogens is 1. The van der Waals surface area contributed by atoms with Crippen molar-refractivity contribution >= 4 is 11.6 Å². The minimum atomic E-state index is -0.0553. The first-order chi connectivity index (χ1) is 10.1. The summed E-state index contributed by atoms with van der Waals surface area (Å²) < 4.78 is 10.7. The van der Waals surface area contributed by atoms with Crippen LogP contribution in [0.5, 0.6) is 5.75 Å². The zero-order valence-electron chi connectivity index (χ0n) is 12.6. The van der Waals surface area contributed by atoms with Gasteiger partial charge in [0.25, 0.3) is 5.91 Å². The van der Waals surface area contributed by atoms with Crippen molar-refractivity contribution in [2.45, 2.75) is 13.5 Å². The standard InChI is InChI=1S/C16H20N2O3/c1-12-8-9-13(21-12)10-18(2)11-16(19)17-14-6-4-5-7-15(14)20-3/h4-9H,10-11H2,1-3H3,(H,17,19)/p+1. The number of carbonyl (C=O) groups excluding carboxylic acids is 1. The number of rotatable bonds is 6. The molecule has 21 heavy (non-hydrogen) atoms. The summed E-state index contributed by atoms with van der Waals surface area (Å²) in [4.78, 5) is 13.1. The van der Waals surface area contributed by atoms with Gasteiger partial charge in [-0.05, 0) is 31.2 Å². The third-order valence-corrected chi connectivity index (χ3v) is 3.12. The Balaban J connectivity index is 1.89. The molecule has 0 spiro atoms. The van der Waals surface area contributed by atoms with Crippen molar-refractivity contribution in [2.75, 3.05) is 26.0 Å². The Kier molecular flexibility index (Phi) is 5.00. The van der Waals surface area contributed by atoms with Crippen LogP contribution >= 0.6 is 0 Å². The van der Waals surface area contributed by atoms with Gasteiger partial charge in [0.05, 0.1) is 19.8 Å². The maximum atomic E-state index is 12.1. The molecule has 0 saturated heterocycles. The number of aryl methyl sites for hydroxylation is 1. The van der Waals surface area contributed by atoms with Crippen molar-refractivity contribution in [2.24, 2.45) is 0 Å². The number of ether oxygens (including phenoxy) is 1. The van der Waals surface area contributed by atoms with Crippen molar-refractivity contribution in [3.05, 3.63) is 47.9 Å². The van der Waals surface area contributed by atoms with Crippen LogP contribution in [-0.4, -0.2) is 26.6 Å². The number of furan rings is 1. The molecule has 0 aliphatic rings. The fraction of sp³-hybridized carbons (Fsp3) is 0.312. The van der Waals surface area contributed by atoms with Gasteiger partial charge in [0, 0.05) is 0 Å². The fourth-order valence-corrected chi connectivity index (χ4v) is 2.16. The predicted octanol–water partition coefficient (Wildman–Crippen LogP) is 1.25. The van der Waals surface area contributed by atoms with E-state index in [1.807, 2.05) is 50.4 Å². The van der Waals surface area contributed by atoms with E-state index in [2.05, 4.69) is 5.32 Å². The SMILES string of the molecule is COc1ccccc1NC(=O)C[NH+](C)Cc1ccc(C)o1. The number of anilines is 1. The maximum absolute atomic E-state index is 12.1. The van der Waals surface area contributed by atoms with Crippen LogP contribution in [0.4, 0.5) is 5.69 Å². The van der Waals surface area contributed by atoms with Gasteiger partial charge in [-0.2, -0.15) is 0 Å². The number of likely N-dealkylation sites (N-methyl/N-ethyl adjacent to an activating group) is 1. The van der Waals surface area contributed by atoms with Gasteiger partial charge in [0.2, 0.25) is 0 Å². The average Bonchev–Trinajstić information content (AvgIpc) is 2.84. The maximum Gasteiger partial charge on any atom is 0.279 e. The summed E-state index contributed by atoms with van der Waals surface area (Å²) >= 11 is 0. The lowest BCUT2D eigenvalue weighted by Crippen LogP contribution is -3.08. The summed E-state index contributed by atoms with van der Waals surface area (Å²) in [5.74, 6) is 2.37. The lowest BCUT2D eigenvalue weighted by molar-refractivity contribution is -0.886. The van der Waals surface area contributed by atoms with E-state index in [0.29, 0.717) is 24.5 Å². The van der Waals surface area contributed by atoms with Gasteiger partial charge in [-0.25, -0.2) is 0 Å². The molecule has 0 radical (unpaired) electrons. The minimum absolute atomic E-state index is 0.0553. The summed E-state index contributed by atoms with van der Waals surface area (Å²) in [5.41, 5.74) is 0.687. The van der Waals surface area contributed by atoms with Crippen LogP contribution in [0.25, 0.3) is 0 Å². The van der Waals surface area contributed by atoms with Crippen molar-refractivity contribution in [3.63, 3.8) is 0 Å². The molecule has 0 fully saturated rings. The van der Waals surface area contributed by atoms with Crippen LogP contribution in [0.3, 0.4) is 0 Å². The number of hydrogen-bond acceptors (Lipinski definition) is 3. The Morgan fingerprint density at radius 1 is 1.29 bits per heavy atom. The van der Waals surface area contributed by atoms with Crippen molar-refractivity contribution in [1.29, 1.82) is 0 Å². The number of benzene rings is 1. The topological polar surface area (TPSA) is 55.9 Å². The second-order valence-corrected chi connectivity index (χ2v) is 5.07. The molecule has 0 aliphatic heterocycles. The highest BCUT2D eigenvalue weighted by molar-refractivity contribution is 5.92. The molecule has 1 amide bonds. The molecule has 1 heterocycles. The van der Waals surface area contributed by atoms with Gasteiger partial charge in [0.15, 0.2) is 12.3 Å². The van der Waals surface area contributed by atoms with Gasteiger partial charge in [-0.3, -0.25) is 4.79 Å². The lowest BCUT2D eigenvalue weighted by Gasteiger charge is -2.13. The van der Waals surface area contributed by atoms with Crippen LogP contribution in [0.2, 0.25) is 0 Å².